The fourth-order valence-corrected chi connectivity index (χ4v) is 4.90. The van der Waals surface area contributed by atoms with Crippen LogP contribution in [0.5, 0.6) is 0 Å². The normalized spacial score (nSPS) is 13.7. The number of thiophene rings is 1. The minimum absolute atomic E-state index is 0.00673. The van der Waals surface area contributed by atoms with Crippen molar-refractivity contribution in [2.24, 2.45) is 0 Å². The summed E-state index contributed by atoms with van der Waals surface area (Å²) in [5, 5.41) is 12.2. The Hall–Kier alpha value is -2.66. The van der Waals surface area contributed by atoms with Crippen molar-refractivity contribution in [2.75, 3.05) is 5.32 Å². The highest BCUT2D eigenvalue weighted by Gasteiger charge is 2.37. The molecule has 11 heteroatoms. The second-order valence-corrected chi connectivity index (χ2v) is 8.98. The number of amides is 2. The molecule has 0 saturated carbocycles. The number of anilines is 1. The van der Waals surface area contributed by atoms with E-state index in [2.05, 4.69) is 27.6 Å². The average molecular weight is 470 g/mol. The van der Waals surface area contributed by atoms with E-state index in [1.807, 2.05) is 13.8 Å². The number of nitrogens with zero attached hydrogens (tertiary/aromatic N) is 2. The van der Waals surface area contributed by atoms with Crippen LogP contribution in [-0.4, -0.2) is 27.6 Å². The molecule has 0 aromatic carbocycles. The van der Waals surface area contributed by atoms with E-state index in [1.165, 1.54) is 23.7 Å². The van der Waals surface area contributed by atoms with E-state index in [9.17, 15) is 22.8 Å². The molecule has 2 aromatic heterocycles. The molecule has 0 atom stereocenters. The van der Waals surface area contributed by atoms with Crippen LogP contribution in [0.4, 0.5) is 18.2 Å². The van der Waals surface area contributed by atoms with Crippen molar-refractivity contribution in [3.63, 3.8) is 0 Å². The SMILES string of the molecule is C=CNC(=O)c1c(NC(=O)Cn2cc(CNC(C)C)c(C(F)(F)F)n2)sc2c1CCCC2. The Morgan fingerprint density at radius 1 is 1.31 bits per heavy atom. The Labute approximate surface area is 188 Å². The lowest BCUT2D eigenvalue weighted by Gasteiger charge is -2.12. The zero-order valence-electron chi connectivity index (χ0n) is 17.9. The van der Waals surface area contributed by atoms with Crippen LogP contribution in [0.2, 0.25) is 0 Å². The number of nitrogens with one attached hydrogen (secondary N) is 3. The van der Waals surface area contributed by atoms with Gasteiger partial charge in [-0.05, 0) is 37.4 Å². The average Bonchev–Trinajstić information content (AvgIpc) is 3.27. The van der Waals surface area contributed by atoms with E-state index in [0.29, 0.717) is 10.6 Å². The van der Waals surface area contributed by atoms with Gasteiger partial charge in [-0.3, -0.25) is 14.3 Å². The molecule has 1 aliphatic rings. The number of carbonyl (C=O) groups is 2. The van der Waals surface area contributed by atoms with Crippen molar-refractivity contribution in [1.82, 2.24) is 20.4 Å². The molecule has 0 spiro atoms. The summed E-state index contributed by atoms with van der Waals surface area (Å²) in [5.41, 5.74) is 0.264. The van der Waals surface area contributed by atoms with Gasteiger partial charge < -0.3 is 16.0 Å². The van der Waals surface area contributed by atoms with Crippen molar-refractivity contribution in [3.05, 3.63) is 46.2 Å². The van der Waals surface area contributed by atoms with Crippen LogP contribution < -0.4 is 16.0 Å². The maximum atomic E-state index is 13.4. The van der Waals surface area contributed by atoms with Crippen LogP contribution in [0.3, 0.4) is 0 Å². The summed E-state index contributed by atoms with van der Waals surface area (Å²) in [7, 11) is 0. The summed E-state index contributed by atoms with van der Waals surface area (Å²) >= 11 is 1.33. The first-order chi connectivity index (χ1) is 15.1. The van der Waals surface area contributed by atoms with Crippen molar-refractivity contribution < 1.29 is 22.8 Å². The first kappa shape index (κ1) is 24.0. The van der Waals surface area contributed by atoms with Crippen LogP contribution >= 0.6 is 11.3 Å². The summed E-state index contributed by atoms with van der Waals surface area (Å²) in [6.07, 6.45) is 1.39. The lowest BCUT2D eigenvalue weighted by atomic mass is 9.95. The number of fused-ring (bicyclic) bond motifs is 1. The summed E-state index contributed by atoms with van der Waals surface area (Å²) in [5.74, 6) is -0.925. The summed E-state index contributed by atoms with van der Waals surface area (Å²) in [4.78, 5) is 26.2. The van der Waals surface area contributed by atoms with Crippen LogP contribution in [0.25, 0.3) is 0 Å². The van der Waals surface area contributed by atoms with Crippen LogP contribution in [0.1, 0.15) is 58.7 Å². The van der Waals surface area contributed by atoms with Crippen molar-refractivity contribution in [3.8, 4) is 0 Å². The fourth-order valence-electron chi connectivity index (χ4n) is 3.60. The third kappa shape index (κ3) is 5.57. The lowest BCUT2D eigenvalue weighted by Crippen LogP contribution is -2.23. The second-order valence-electron chi connectivity index (χ2n) is 7.87. The standard InChI is InChI=1S/C21H26F3N5O2S/c1-4-25-19(31)17-14-7-5-6-8-15(14)32-20(17)27-16(30)11-29-10-13(9-26-12(2)3)18(28-29)21(22,23)24/h4,10,12,26H,1,5-9,11H2,2-3H3,(H,25,31)(H,27,30). The van der Waals surface area contributed by atoms with E-state index in [0.717, 1.165) is 40.8 Å². The van der Waals surface area contributed by atoms with Gasteiger partial charge in [-0.25, -0.2) is 0 Å². The third-order valence-corrected chi connectivity index (χ3v) is 6.20. The number of halogens is 3. The van der Waals surface area contributed by atoms with E-state index >= 15 is 0 Å². The van der Waals surface area contributed by atoms with E-state index in [1.54, 1.807) is 0 Å². The van der Waals surface area contributed by atoms with Gasteiger partial charge in [0.15, 0.2) is 5.69 Å². The molecule has 0 bridgehead atoms. The van der Waals surface area contributed by atoms with E-state index < -0.39 is 24.3 Å². The number of alkyl halides is 3. The highest BCUT2D eigenvalue weighted by Crippen LogP contribution is 2.38. The van der Waals surface area contributed by atoms with Gasteiger partial charge in [-0.15, -0.1) is 11.3 Å². The Morgan fingerprint density at radius 2 is 2.03 bits per heavy atom. The number of hydrogen-bond donors (Lipinski definition) is 3. The third-order valence-electron chi connectivity index (χ3n) is 5.00. The molecule has 3 rings (SSSR count). The molecule has 1 aliphatic carbocycles. The Morgan fingerprint density at radius 3 is 2.69 bits per heavy atom. The Kier molecular flexibility index (Phi) is 7.40. The van der Waals surface area contributed by atoms with Crippen LogP contribution in [-0.2, 0) is 36.9 Å². The molecule has 32 heavy (non-hydrogen) atoms. The first-order valence-electron chi connectivity index (χ1n) is 10.3. The molecule has 3 N–H and O–H groups in total. The molecule has 0 radical (unpaired) electrons. The molecule has 0 unspecified atom stereocenters. The molecule has 0 aliphatic heterocycles. The van der Waals surface area contributed by atoms with Crippen molar-refractivity contribution in [1.29, 1.82) is 0 Å². The highest BCUT2D eigenvalue weighted by molar-refractivity contribution is 7.17. The fraction of sp³-hybridized carbons (Fsp3) is 0.476. The minimum Gasteiger partial charge on any atom is -0.329 e. The minimum atomic E-state index is -4.63. The number of aromatic nitrogens is 2. The van der Waals surface area contributed by atoms with Gasteiger partial charge in [0.25, 0.3) is 5.91 Å². The summed E-state index contributed by atoms with van der Waals surface area (Å²) in [6, 6.07) is -0.00673. The van der Waals surface area contributed by atoms with Gasteiger partial charge in [0.1, 0.15) is 11.5 Å². The topological polar surface area (TPSA) is 88.0 Å². The Balaban J connectivity index is 1.81. The van der Waals surface area contributed by atoms with Crippen molar-refractivity contribution >= 4 is 28.2 Å². The molecule has 174 valence electrons. The number of carbonyl (C=O) groups excluding carboxylic acids is 2. The van der Waals surface area contributed by atoms with E-state index in [4.69, 9.17) is 0 Å². The monoisotopic (exact) mass is 469 g/mol. The molecular formula is C21H26F3N5O2S. The molecule has 7 nitrogen and oxygen atoms in total. The largest absolute Gasteiger partial charge is 0.435 e. The number of aryl methyl sites for hydroxylation is 1. The summed E-state index contributed by atoms with van der Waals surface area (Å²) in [6.45, 7) is 6.73. The number of rotatable bonds is 8. The maximum absolute atomic E-state index is 13.4. The van der Waals surface area contributed by atoms with Crippen molar-refractivity contribution in [2.45, 2.75) is 64.8 Å². The van der Waals surface area contributed by atoms with Gasteiger partial charge >= 0.3 is 6.18 Å². The quantitative estimate of drug-likeness (QED) is 0.548. The molecule has 2 aromatic rings. The smallest absolute Gasteiger partial charge is 0.329 e. The molecule has 0 fully saturated rings. The van der Waals surface area contributed by atoms with Gasteiger partial charge in [0, 0.05) is 29.2 Å². The highest BCUT2D eigenvalue weighted by atomic mass is 32.1. The predicted octanol–water partition coefficient (Wildman–Crippen LogP) is 3.85. The maximum Gasteiger partial charge on any atom is 0.435 e. The second kappa shape index (κ2) is 9.86. The lowest BCUT2D eigenvalue weighted by molar-refractivity contribution is -0.142. The zero-order valence-corrected chi connectivity index (χ0v) is 18.8. The first-order valence-corrected chi connectivity index (χ1v) is 11.1. The van der Waals surface area contributed by atoms with Gasteiger partial charge in [0.05, 0.1) is 5.56 Å². The van der Waals surface area contributed by atoms with Crippen LogP contribution in [0, 0.1) is 0 Å². The molecule has 2 heterocycles. The molecule has 2 amide bonds. The van der Waals surface area contributed by atoms with Gasteiger partial charge in [-0.2, -0.15) is 18.3 Å². The molecular weight excluding hydrogens is 443 g/mol. The Bertz CT molecular complexity index is 1010. The summed E-state index contributed by atoms with van der Waals surface area (Å²) < 4.78 is 41.1. The van der Waals surface area contributed by atoms with E-state index in [-0.39, 0.29) is 24.1 Å². The van der Waals surface area contributed by atoms with Gasteiger partial charge in [-0.1, -0.05) is 20.4 Å². The molecule has 0 saturated heterocycles. The number of hydrogen-bond acceptors (Lipinski definition) is 5. The van der Waals surface area contributed by atoms with Gasteiger partial charge in [0.2, 0.25) is 5.91 Å². The van der Waals surface area contributed by atoms with Crippen LogP contribution in [0.15, 0.2) is 19.0 Å². The zero-order chi connectivity index (χ0) is 23.5. The predicted molar refractivity (Wildman–Crippen MR) is 116 cm³/mol.